The van der Waals surface area contributed by atoms with E-state index in [0.717, 1.165) is 5.56 Å². The Morgan fingerprint density at radius 1 is 1.27 bits per heavy atom. The fourth-order valence-corrected chi connectivity index (χ4v) is 4.40. The lowest BCUT2D eigenvalue weighted by atomic mass is 10.1. The molecule has 0 aliphatic carbocycles. The van der Waals surface area contributed by atoms with Gasteiger partial charge in [-0.25, -0.2) is 8.42 Å². The molecule has 1 saturated heterocycles. The number of aromatic nitrogens is 2. The molecule has 0 spiro atoms. The van der Waals surface area contributed by atoms with Crippen LogP contribution in [-0.4, -0.2) is 48.1 Å². The van der Waals surface area contributed by atoms with E-state index in [1.54, 1.807) is 0 Å². The zero-order valence-corrected chi connectivity index (χ0v) is 13.5. The van der Waals surface area contributed by atoms with Crippen molar-refractivity contribution in [2.24, 2.45) is 0 Å². The van der Waals surface area contributed by atoms with Crippen LogP contribution in [0.1, 0.15) is 17.9 Å². The minimum Gasteiger partial charge on any atom is -0.419 e. The molecule has 1 atom stereocenters. The maximum atomic E-state index is 11.5. The van der Waals surface area contributed by atoms with E-state index in [0.29, 0.717) is 24.7 Å². The zero-order chi connectivity index (χ0) is 15.7. The van der Waals surface area contributed by atoms with Crippen molar-refractivity contribution >= 4 is 9.84 Å². The number of hydrogen-bond acceptors (Lipinski definition) is 6. The molecule has 0 bridgehead atoms. The third-order valence-corrected chi connectivity index (χ3v) is 5.73. The van der Waals surface area contributed by atoms with E-state index >= 15 is 0 Å². The molecule has 2 aromatic rings. The normalized spacial score (nSPS) is 20.6. The van der Waals surface area contributed by atoms with E-state index in [1.807, 2.05) is 43.1 Å². The van der Waals surface area contributed by atoms with Gasteiger partial charge in [0.2, 0.25) is 11.8 Å². The fraction of sp³-hybridized carbons (Fsp3) is 0.467. The SMILES string of the molecule is Cc1ccc(-c2nnc(CN(C)C3CCS(=O)(=O)C3)o2)cc1. The van der Waals surface area contributed by atoms with Gasteiger partial charge in [-0.2, -0.15) is 0 Å². The van der Waals surface area contributed by atoms with Crippen molar-refractivity contribution < 1.29 is 12.8 Å². The second kappa shape index (κ2) is 5.81. The summed E-state index contributed by atoms with van der Waals surface area (Å²) in [5, 5.41) is 8.12. The summed E-state index contributed by atoms with van der Waals surface area (Å²) < 4.78 is 28.8. The maximum absolute atomic E-state index is 11.5. The van der Waals surface area contributed by atoms with Crippen LogP contribution in [0, 0.1) is 6.92 Å². The molecule has 6 nitrogen and oxygen atoms in total. The molecular weight excluding hydrogens is 302 g/mol. The molecular formula is C15H19N3O3S. The predicted octanol–water partition coefficient (Wildman–Crippen LogP) is 1.66. The van der Waals surface area contributed by atoms with Gasteiger partial charge in [-0.1, -0.05) is 17.7 Å². The molecule has 118 valence electrons. The van der Waals surface area contributed by atoms with Crippen LogP contribution in [0.2, 0.25) is 0 Å². The van der Waals surface area contributed by atoms with Gasteiger partial charge in [-0.3, -0.25) is 4.90 Å². The van der Waals surface area contributed by atoms with Gasteiger partial charge in [-0.15, -0.1) is 10.2 Å². The largest absolute Gasteiger partial charge is 0.419 e. The lowest BCUT2D eigenvalue weighted by Crippen LogP contribution is -2.32. The summed E-state index contributed by atoms with van der Waals surface area (Å²) in [5.74, 6) is 1.47. The highest BCUT2D eigenvalue weighted by molar-refractivity contribution is 7.91. The molecule has 1 aromatic heterocycles. The highest BCUT2D eigenvalue weighted by atomic mass is 32.2. The Balaban J connectivity index is 1.68. The van der Waals surface area contributed by atoms with Gasteiger partial charge in [0.15, 0.2) is 9.84 Å². The summed E-state index contributed by atoms with van der Waals surface area (Å²) in [6.45, 7) is 2.48. The van der Waals surface area contributed by atoms with E-state index in [1.165, 1.54) is 5.56 Å². The standard InChI is InChI=1S/C15H19N3O3S/c1-11-3-5-12(6-4-11)15-17-16-14(21-15)9-18(2)13-7-8-22(19,20)10-13/h3-6,13H,7-10H2,1-2H3. The quantitative estimate of drug-likeness (QED) is 0.852. The van der Waals surface area contributed by atoms with Crippen molar-refractivity contribution in [3.8, 4) is 11.5 Å². The average molecular weight is 321 g/mol. The van der Waals surface area contributed by atoms with E-state index in [4.69, 9.17) is 4.42 Å². The van der Waals surface area contributed by atoms with Crippen LogP contribution < -0.4 is 0 Å². The highest BCUT2D eigenvalue weighted by Crippen LogP contribution is 2.21. The number of rotatable bonds is 4. The molecule has 1 aliphatic rings. The van der Waals surface area contributed by atoms with Crippen molar-refractivity contribution in [2.45, 2.75) is 25.9 Å². The molecule has 1 unspecified atom stereocenters. The number of benzene rings is 1. The molecule has 1 aliphatic heterocycles. The summed E-state index contributed by atoms with van der Waals surface area (Å²) in [7, 11) is -0.993. The van der Waals surface area contributed by atoms with Crippen molar-refractivity contribution in [3.63, 3.8) is 0 Å². The molecule has 22 heavy (non-hydrogen) atoms. The third kappa shape index (κ3) is 3.36. The summed E-state index contributed by atoms with van der Waals surface area (Å²) in [5.41, 5.74) is 2.06. The van der Waals surface area contributed by atoms with Crippen LogP contribution in [0.5, 0.6) is 0 Å². The topological polar surface area (TPSA) is 76.3 Å². The Morgan fingerprint density at radius 2 is 2.00 bits per heavy atom. The average Bonchev–Trinajstić information content (AvgIpc) is 3.06. The summed E-state index contributed by atoms with van der Waals surface area (Å²) in [6.07, 6.45) is 0.664. The Bertz CT molecular complexity index is 753. The lowest BCUT2D eigenvalue weighted by Gasteiger charge is -2.20. The van der Waals surface area contributed by atoms with E-state index in [2.05, 4.69) is 10.2 Å². The first-order valence-electron chi connectivity index (χ1n) is 7.23. The van der Waals surface area contributed by atoms with Gasteiger partial charge in [0.25, 0.3) is 0 Å². The highest BCUT2D eigenvalue weighted by Gasteiger charge is 2.31. The zero-order valence-electron chi connectivity index (χ0n) is 12.7. The predicted molar refractivity (Wildman–Crippen MR) is 83.0 cm³/mol. The first-order valence-corrected chi connectivity index (χ1v) is 9.05. The molecule has 2 heterocycles. The molecule has 0 N–H and O–H groups in total. The number of sulfone groups is 1. The van der Waals surface area contributed by atoms with Gasteiger partial charge in [0.05, 0.1) is 18.1 Å². The number of aryl methyl sites for hydroxylation is 1. The van der Waals surface area contributed by atoms with Crippen molar-refractivity contribution in [1.29, 1.82) is 0 Å². The molecule has 0 radical (unpaired) electrons. The van der Waals surface area contributed by atoms with Crippen LogP contribution in [0.3, 0.4) is 0 Å². The molecule has 1 fully saturated rings. The molecule has 3 rings (SSSR count). The molecule has 0 saturated carbocycles. The Kier molecular flexibility index (Phi) is 4.01. The number of hydrogen-bond donors (Lipinski definition) is 0. The van der Waals surface area contributed by atoms with Crippen molar-refractivity contribution in [3.05, 3.63) is 35.7 Å². The van der Waals surface area contributed by atoms with Crippen LogP contribution >= 0.6 is 0 Å². The van der Waals surface area contributed by atoms with Crippen LogP contribution in [0.4, 0.5) is 0 Å². The fourth-order valence-electron chi connectivity index (χ4n) is 2.60. The molecule has 0 amide bonds. The van der Waals surface area contributed by atoms with Crippen molar-refractivity contribution in [1.82, 2.24) is 15.1 Å². The van der Waals surface area contributed by atoms with Gasteiger partial charge in [0, 0.05) is 11.6 Å². The van der Waals surface area contributed by atoms with Crippen LogP contribution in [0.15, 0.2) is 28.7 Å². The first kappa shape index (κ1) is 15.2. The Morgan fingerprint density at radius 3 is 2.64 bits per heavy atom. The van der Waals surface area contributed by atoms with Gasteiger partial charge >= 0.3 is 0 Å². The second-order valence-electron chi connectivity index (χ2n) is 5.84. The van der Waals surface area contributed by atoms with Gasteiger partial charge in [0.1, 0.15) is 0 Å². The minimum atomic E-state index is -2.88. The van der Waals surface area contributed by atoms with E-state index < -0.39 is 9.84 Å². The molecule has 7 heteroatoms. The van der Waals surface area contributed by atoms with Crippen molar-refractivity contribution in [2.75, 3.05) is 18.6 Å². The second-order valence-corrected chi connectivity index (χ2v) is 8.07. The summed E-state index contributed by atoms with van der Waals surface area (Å²) >= 11 is 0. The maximum Gasteiger partial charge on any atom is 0.247 e. The third-order valence-electron chi connectivity index (χ3n) is 3.98. The summed E-state index contributed by atoms with van der Waals surface area (Å²) in [6, 6.07) is 7.91. The Hall–Kier alpha value is -1.73. The van der Waals surface area contributed by atoms with Crippen LogP contribution in [-0.2, 0) is 16.4 Å². The van der Waals surface area contributed by atoms with E-state index in [9.17, 15) is 8.42 Å². The molecule has 1 aromatic carbocycles. The monoisotopic (exact) mass is 321 g/mol. The Labute approximate surface area is 130 Å². The lowest BCUT2D eigenvalue weighted by molar-refractivity contribution is 0.230. The van der Waals surface area contributed by atoms with Gasteiger partial charge in [-0.05, 0) is 32.5 Å². The smallest absolute Gasteiger partial charge is 0.247 e. The van der Waals surface area contributed by atoms with E-state index in [-0.39, 0.29) is 17.5 Å². The van der Waals surface area contributed by atoms with Gasteiger partial charge < -0.3 is 4.42 Å². The minimum absolute atomic E-state index is 0.0275. The number of nitrogens with zero attached hydrogens (tertiary/aromatic N) is 3. The first-order chi connectivity index (χ1) is 10.4. The summed E-state index contributed by atoms with van der Waals surface area (Å²) in [4.78, 5) is 1.97. The van der Waals surface area contributed by atoms with Crippen LogP contribution in [0.25, 0.3) is 11.5 Å².